The van der Waals surface area contributed by atoms with Crippen molar-refractivity contribution in [3.63, 3.8) is 0 Å². The summed E-state index contributed by atoms with van der Waals surface area (Å²) in [5.74, 6) is -2.05. The van der Waals surface area contributed by atoms with E-state index in [4.69, 9.17) is 14.2 Å². The van der Waals surface area contributed by atoms with Crippen LogP contribution < -0.4 is 0 Å². The van der Waals surface area contributed by atoms with E-state index in [1.165, 1.54) is 69.2 Å². The Labute approximate surface area is 433 Å². The van der Waals surface area contributed by atoms with Gasteiger partial charge in [-0.15, -0.1) is 0 Å². The van der Waals surface area contributed by atoms with Crippen LogP contribution in [0.4, 0.5) is 0 Å². The Kier molecular flexibility index (Phi) is 16.2. The lowest BCUT2D eigenvalue weighted by atomic mass is 9.49. The number of carbonyl (C=O) groups excluding carboxylic acids is 6. The second-order valence-electron chi connectivity index (χ2n) is 24.7. The van der Waals surface area contributed by atoms with Crippen molar-refractivity contribution in [2.45, 2.75) is 230 Å². The number of Topliss-reactive ketones (excluding diaryl/α,β-unsaturated/α-hetero) is 1. The quantitative estimate of drug-likeness (QED) is 0.0574. The summed E-state index contributed by atoms with van der Waals surface area (Å²) in [6.07, 6.45) is 25.5. The van der Waals surface area contributed by atoms with Crippen LogP contribution in [0, 0.1) is 58.2 Å². The fourth-order valence-electron chi connectivity index (χ4n) is 16.9. The summed E-state index contributed by atoms with van der Waals surface area (Å²) in [4.78, 5) is 75.3. The average Bonchev–Trinajstić information content (AvgIpc) is 3.64. The smallest absolute Gasteiger partial charge is 0.306 e. The van der Waals surface area contributed by atoms with Gasteiger partial charge in [0.25, 0.3) is 0 Å². The Morgan fingerprint density at radius 3 is 2.11 bits per heavy atom. The van der Waals surface area contributed by atoms with Crippen molar-refractivity contribution in [1.82, 2.24) is 0 Å². The van der Waals surface area contributed by atoms with Gasteiger partial charge in [-0.2, -0.15) is 0 Å². The van der Waals surface area contributed by atoms with Crippen molar-refractivity contribution < 1.29 is 58.3 Å². The van der Waals surface area contributed by atoms with Crippen molar-refractivity contribution in [3.8, 4) is 0 Å². The number of ether oxygens (including phenoxy) is 3. The molecule has 15 atom stereocenters. The van der Waals surface area contributed by atoms with E-state index in [1.807, 2.05) is 19.9 Å². The van der Waals surface area contributed by atoms with Crippen LogP contribution in [-0.4, -0.2) is 90.3 Å². The van der Waals surface area contributed by atoms with E-state index < -0.39 is 69.7 Å². The standard InChI is InChI=1S/C36H56O8.C23H30O4S/c1-7-8-9-10-11-12-13-14-15-16-17-18-29(39)43-32-24(3)35(42)27(30-33(5,6)36(30,32)44-25(4)38)20-26(22-37)21-34(41)28(35)19-23(2)31(34)40;1-13(24)28-19-12-14-11-15(25)5-8-22(14,2)18-4-3-17-16(21(18)19)6-9-23(17)10-7-20(26)27-23/h19-20,24,27-28,30,32,37,41-42H,7-18,21-22H2,1-6H3;11,16-19,21H,3-10,12H2,1-2H3/t24-,27+,28-,30-,32-,34-,35-,36-;16-,17+,18+,19-,21+,22+,23-/m11/s1. The van der Waals surface area contributed by atoms with Gasteiger partial charge in [0.05, 0.1) is 12.2 Å². The Morgan fingerprint density at radius 1 is 0.847 bits per heavy atom. The zero-order valence-electron chi connectivity index (χ0n) is 44.7. The second kappa shape index (κ2) is 21.1. The molecule has 0 aromatic heterocycles. The highest BCUT2D eigenvalue weighted by atomic mass is 32.2. The molecule has 72 heavy (non-hydrogen) atoms. The summed E-state index contributed by atoms with van der Waals surface area (Å²) < 4.78 is 18.2. The van der Waals surface area contributed by atoms with Gasteiger partial charge in [0.2, 0.25) is 0 Å². The summed E-state index contributed by atoms with van der Waals surface area (Å²) in [7, 11) is 0. The van der Waals surface area contributed by atoms with E-state index in [0.29, 0.717) is 54.1 Å². The maximum absolute atomic E-state index is 13.3. The SMILES string of the molecule is CC(=O)S[C@@H]1CC2=CC(=O)CC[C@]2(C)[C@H]2CC[C@H]3[C@@H](CC[C@@]34CCC(=O)O4)[C@H]12.CCCCCCCCCCCCCC(=O)O[C@@H]1[C@@H](C)[C@@]2(O)[C@@H](C=C(CO)C[C@]3(O)C(=O)C(C)=C[C@@H]23)[C@@H]2C(C)(C)[C@]12OC(C)=O. The molecule has 9 rings (SSSR count). The number of allylic oxidation sites excluding steroid dienone is 1. The molecule has 400 valence electrons. The third kappa shape index (κ3) is 9.49. The molecule has 0 amide bonds. The van der Waals surface area contributed by atoms with E-state index in [9.17, 15) is 44.1 Å². The van der Waals surface area contributed by atoms with E-state index >= 15 is 0 Å². The van der Waals surface area contributed by atoms with Crippen LogP contribution in [-0.2, 0) is 43.0 Å². The molecule has 0 bridgehead atoms. The molecule has 0 aromatic carbocycles. The number of aliphatic hydroxyl groups is 3. The molecule has 0 unspecified atom stereocenters. The maximum Gasteiger partial charge on any atom is 0.306 e. The number of aliphatic hydroxyl groups excluding tert-OH is 1. The number of carbonyl (C=O) groups is 6. The van der Waals surface area contributed by atoms with Crippen LogP contribution in [0.15, 0.2) is 34.9 Å². The number of rotatable bonds is 16. The van der Waals surface area contributed by atoms with E-state index in [2.05, 4.69) is 13.8 Å². The van der Waals surface area contributed by atoms with E-state index in [1.54, 1.807) is 32.9 Å². The zero-order chi connectivity index (χ0) is 52.2. The number of esters is 3. The van der Waals surface area contributed by atoms with Crippen LogP contribution >= 0.6 is 11.8 Å². The molecule has 1 spiro atoms. The fourth-order valence-corrected chi connectivity index (χ4v) is 18.1. The average molecular weight is 1020 g/mol. The minimum atomic E-state index is -1.93. The fraction of sp³-hybridized carbons (Fsp3) is 0.797. The minimum Gasteiger partial charge on any atom is -0.459 e. The first-order valence-electron chi connectivity index (χ1n) is 28.1. The van der Waals surface area contributed by atoms with Crippen LogP contribution in [0.5, 0.6) is 0 Å². The molecule has 13 heteroatoms. The third-order valence-electron chi connectivity index (χ3n) is 20.4. The Bertz CT molecular complexity index is 2230. The number of fused-ring (bicyclic) bond motifs is 11. The van der Waals surface area contributed by atoms with Crippen molar-refractivity contribution in [1.29, 1.82) is 0 Å². The molecule has 5 saturated carbocycles. The molecule has 3 N–H and O–H groups in total. The normalized spacial score (nSPS) is 40.8. The Balaban J connectivity index is 0.000000211. The monoisotopic (exact) mass is 1020 g/mol. The molecule has 0 aromatic rings. The van der Waals surface area contributed by atoms with Gasteiger partial charge in [-0.3, -0.25) is 28.8 Å². The van der Waals surface area contributed by atoms with Crippen LogP contribution in [0.3, 0.4) is 0 Å². The topological polar surface area (TPSA) is 191 Å². The van der Waals surface area contributed by atoms with Crippen LogP contribution in [0.2, 0.25) is 0 Å². The highest BCUT2D eigenvalue weighted by molar-refractivity contribution is 8.14. The molecular formula is C59H86O12S. The van der Waals surface area contributed by atoms with Crippen molar-refractivity contribution >= 4 is 46.4 Å². The van der Waals surface area contributed by atoms with Crippen molar-refractivity contribution in [2.75, 3.05) is 6.61 Å². The zero-order valence-corrected chi connectivity index (χ0v) is 45.5. The number of hydrogen-bond acceptors (Lipinski definition) is 13. The minimum absolute atomic E-state index is 0.0240. The van der Waals surface area contributed by atoms with Gasteiger partial charge in [0, 0.05) is 79.8 Å². The largest absolute Gasteiger partial charge is 0.459 e. The van der Waals surface area contributed by atoms with Gasteiger partial charge in [0.1, 0.15) is 17.3 Å². The Morgan fingerprint density at radius 2 is 1.50 bits per heavy atom. The molecule has 1 saturated heterocycles. The number of thioether (sulfide) groups is 1. The van der Waals surface area contributed by atoms with Crippen molar-refractivity contribution in [2.24, 2.45) is 58.2 Å². The summed E-state index contributed by atoms with van der Waals surface area (Å²) in [5, 5.41) is 35.2. The molecule has 6 fully saturated rings. The molecule has 9 aliphatic rings. The first kappa shape index (κ1) is 55.1. The third-order valence-corrected chi connectivity index (χ3v) is 21.5. The lowest BCUT2D eigenvalue weighted by Crippen LogP contribution is -2.66. The van der Waals surface area contributed by atoms with Gasteiger partial charge < -0.3 is 29.5 Å². The van der Waals surface area contributed by atoms with Crippen LogP contribution in [0.25, 0.3) is 0 Å². The predicted octanol–water partition coefficient (Wildman–Crippen LogP) is 10.2. The highest BCUT2D eigenvalue weighted by Crippen LogP contribution is 2.77. The van der Waals surface area contributed by atoms with E-state index in [-0.39, 0.29) is 52.6 Å². The van der Waals surface area contributed by atoms with Crippen molar-refractivity contribution in [3.05, 3.63) is 34.9 Å². The molecule has 1 aliphatic heterocycles. The van der Waals surface area contributed by atoms with Gasteiger partial charge >= 0.3 is 17.9 Å². The predicted molar refractivity (Wildman–Crippen MR) is 275 cm³/mol. The summed E-state index contributed by atoms with van der Waals surface area (Å²) in [6, 6.07) is 0. The maximum atomic E-state index is 13.3. The molecule has 8 aliphatic carbocycles. The number of hydrogen-bond donors (Lipinski definition) is 3. The van der Waals surface area contributed by atoms with Gasteiger partial charge in [-0.05, 0) is 98.7 Å². The summed E-state index contributed by atoms with van der Waals surface area (Å²) in [5.41, 5.74) is -3.54. The molecule has 1 heterocycles. The molecular weight excluding hydrogens is 933 g/mol. The number of unbranched alkanes of at least 4 members (excludes halogenated alkanes) is 10. The summed E-state index contributed by atoms with van der Waals surface area (Å²) in [6.45, 7) is 14.5. The Hall–Kier alpha value is -3.13. The van der Waals surface area contributed by atoms with Gasteiger partial charge in [-0.1, -0.05) is 128 Å². The molecule has 12 nitrogen and oxygen atoms in total. The van der Waals surface area contributed by atoms with Crippen LogP contribution in [0.1, 0.15) is 197 Å². The molecule has 0 radical (unpaired) electrons. The second-order valence-corrected chi connectivity index (χ2v) is 26.2. The summed E-state index contributed by atoms with van der Waals surface area (Å²) >= 11 is 1.50. The first-order chi connectivity index (χ1) is 34.0. The van der Waals surface area contributed by atoms with E-state index in [0.717, 1.165) is 64.2 Å². The lowest BCUT2D eigenvalue weighted by molar-refractivity contribution is -0.228. The highest BCUT2D eigenvalue weighted by Gasteiger charge is 2.88. The lowest BCUT2D eigenvalue weighted by Gasteiger charge is -2.58. The first-order valence-corrected chi connectivity index (χ1v) is 28.9. The van der Waals surface area contributed by atoms with Gasteiger partial charge in [0.15, 0.2) is 22.3 Å². The number of ketones is 2. The van der Waals surface area contributed by atoms with Gasteiger partial charge in [-0.25, -0.2) is 0 Å².